The Morgan fingerprint density at radius 3 is 2.66 bits per heavy atom. The summed E-state index contributed by atoms with van der Waals surface area (Å²) in [5, 5.41) is 9.42. The van der Waals surface area contributed by atoms with Crippen LogP contribution in [0.1, 0.15) is 5.56 Å². The third-order valence-corrected chi connectivity index (χ3v) is 4.81. The largest absolute Gasteiger partial charge is 0.354 e. The molecule has 4 rings (SSSR count). The third kappa shape index (κ3) is 3.94. The molecular formula is C22H21N5O2. The van der Waals surface area contributed by atoms with E-state index in [-0.39, 0.29) is 18.0 Å². The first-order chi connectivity index (χ1) is 14.1. The van der Waals surface area contributed by atoms with Gasteiger partial charge in [0.25, 0.3) is 0 Å². The predicted molar refractivity (Wildman–Crippen MR) is 111 cm³/mol. The van der Waals surface area contributed by atoms with Gasteiger partial charge in [-0.1, -0.05) is 48.5 Å². The molecule has 1 amide bonds. The van der Waals surface area contributed by atoms with Crippen LogP contribution in [0.5, 0.6) is 0 Å². The summed E-state index contributed by atoms with van der Waals surface area (Å²) < 4.78 is 2.81. The number of carbonyl (C=O) groups is 1. The van der Waals surface area contributed by atoms with Gasteiger partial charge >= 0.3 is 5.69 Å². The van der Waals surface area contributed by atoms with Crippen LogP contribution < -0.4 is 11.0 Å². The quantitative estimate of drug-likeness (QED) is 0.550. The van der Waals surface area contributed by atoms with Crippen LogP contribution >= 0.6 is 0 Å². The van der Waals surface area contributed by atoms with Crippen LogP contribution in [-0.4, -0.2) is 31.8 Å². The minimum absolute atomic E-state index is 0.0877. The van der Waals surface area contributed by atoms with Gasteiger partial charge in [-0.15, -0.1) is 5.10 Å². The Morgan fingerprint density at radius 1 is 1.03 bits per heavy atom. The molecule has 0 spiro atoms. The summed E-state index contributed by atoms with van der Waals surface area (Å²) in [7, 11) is 1.66. The zero-order valence-corrected chi connectivity index (χ0v) is 16.1. The first kappa shape index (κ1) is 18.6. The topological polar surface area (TPSA) is 81.8 Å². The number of aromatic nitrogens is 4. The zero-order chi connectivity index (χ0) is 20.2. The molecule has 2 aromatic carbocycles. The van der Waals surface area contributed by atoms with Crippen molar-refractivity contribution < 1.29 is 4.79 Å². The van der Waals surface area contributed by atoms with E-state index in [1.54, 1.807) is 19.3 Å². The molecule has 7 nitrogen and oxygen atoms in total. The Hall–Kier alpha value is -3.74. The minimum Gasteiger partial charge on any atom is -0.354 e. The number of nitrogens with one attached hydrogen (secondary N) is 1. The number of hydrogen-bond donors (Lipinski definition) is 1. The number of benzene rings is 2. The average molecular weight is 387 g/mol. The fourth-order valence-corrected chi connectivity index (χ4v) is 3.34. The molecule has 146 valence electrons. The lowest BCUT2D eigenvalue weighted by Gasteiger charge is -2.08. The lowest BCUT2D eigenvalue weighted by Crippen LogP contribution is -2.32. The molecule has 0 saturated carbocycles. The molecule has 2 aromatic heterocycles. The molecule has 0 radical (unpaired) electrons. The summed E-state index contributed by atoms with van der Waals surface area (Å²) in [6, 6.07) is 19.4. The van der Waals surface area contributed by atoms with Crippen molar-refractivity contribution in [3.63, 3.8) is 0 Å². The minimum atomic E-state index is -0.242. The highest BCUT2D eigenvalue weighted by Gasteiger charge is 2.13. The molecule has 29 heavy (non-hydrogen) atoms. The van der Waals surface area contributed by atoms with E-state index in [2.05, 4.69) is 15.4 Å². The molecule has 0 atom stereocenters. The first-order valence-corrected chi connectivity index (χ1v) is 9.42. The summed E-state index contributed by atoms with van der Waals surface area (Å²) in [6.45, 7) is 0.614. The molecule has 2 heterocycles. The number of pyridine rings is 1. The number of rotatable bonds is 6. The molecule has 0 fully saturated rings. The second-order valence-electron chi connectivity index (χ2n) is 6.77. The van der Waals surface area contributed by atoms with Gasteiger partial charge in [0, 0.05) is 19.8 Å². The Bertz CT molecular complexity index is 1210. The maximum atomic E-state index is 12.4. The summed E-state index contributed by atoms with van der Waals surface area (Å²) in [6.07, 6.45) is 1.95. The molecule has 4 aromatic rings. The predicted octanol–water partition coefficient (Wildman–Crippen LogP) is 2.16. The van der Waals surface area contributed by atoms with Crippen molar-refractivity contribution >= 4 is 16.7 Å². The highest BCUT2D eigenvalue weighted by molar-refractivity contribution is 5.90. The van der Waals surface area contributed by atoms with Gasteiger partial charge < -0.3 is 5.32 Å². The summed E-state index contributed by atoms with van der Waals surface area (Å²) in [5.41, 5.74) is 1.37. The normalized spacial score (nSPS) is 10.9. The van der Waals surface area contributed by atoms with E-state index in [1.807, 2.05) is 54.6 Å². The van der Waals surface area contributed by atoms with Gasteiger partial charge in [-0.2, -0.15) is 0 Å². The number of fused-ring (bicyclic) bond motifs is 1. The zero-order valence-electron chi connectivity index (χ0n) is 16.1. The third-order valence-electron chi connectivity index (χ3n) is 4.81. The van der Waals surface area contributed by atoms with Gasteiger partial charge in [0.15, 0.2) is 5.82 Å². The maximum absolute atomic E-state index is 12.4. The lowest BCUT2D eigenvalue weighted by atomic mass is 10.0. The van der Waals surface area contributed by atoms with Crippen molar-refractivity contribution in [3.05, 3.63) is 82.9 Å². The van der Waals surface area contributed by atoms with Crippen LogP contribution in [0.3, 0.4) is 0 Å². The highest BCUT2D eigenvalue weighted by atomic mass is 16.2. The Balaban J connectivity index is 1.40. The van der Waals surface area contributed by atoms with E-state index in [0.29, 0.717) is 24.6 Å². The summed E-state index contributed by atoms with van der Waals surface area (Å²) in [5.74, 6) is 0.410. The molecular weight excluding hydrogens is 366 g/mol. The van der Waals surface area contributed by atoms with Crippen molar-refractivity contribution in [1.82, 2.24) is 24.6 Å². The van der Waals surface area contributed by atoms with E-state index in [0.717, 1.165) is 16.3 Å². The van der Waals surface area contributed by atoms with Gasteiger partial charge in [-0.25, -0.2) is 9.48 Å². The van der Waals surface area contributed by atoms with Crippen LogP contribution in [0.15, 0.2) is 71.7 Å². The maximum Gasteiger partial charge on any atom is 0.346 e. The van der Waals surface area contributed by atoms with Crippen LogP contribution in [0.25, 0.3) is 22.3 Å². The molecule has 1 N–H and O–H groups in total. The van der Waals surface area contributed by atoms with Crippen molar-refractivity contribution in [2.75, 3.05) is 6.54 Å². The molecule has 0 unspecified atom stereocenters. The van der Waals surface area contributed by atoms with Crippen LogP contribution in [0.2, 0.25) is 0 Å². The second-order valence-corrected chi connectivity index (χ2v) is 6.77. The number of nitrogens with zero attached hydrogens (tertiary/aromatic N) is 4. The fraction of sp³-hybridized carbons (Fsp3) is 0.182. The van der Waals surface area contributed by atoms with E-state index in [4.69, 9.17) is 0 Å². The van der Waals surface area contributed by atoms with Crippen LogP contribution in [-0.2, 0) is 24.8 Å². The van der Waals surface area contributed by atoms with Crippen molar-refractivity contribution in [2.24, 2.45) is 7.05 Å². The van der Waals surface area contributed by atoms with Crippen molar-refractivity contribution in [1.29, 1.82) is 0 Å². The van der Waals surface area contributed by atoms with Gasteiger partial charge in [0.1, 0.15) is 5.69 Å². The van der Waals surface area contributed by atoms with Gasteiger partial charge in [0.05, 0.1) is 13.0 Å². The molecule has 7 heteroatoms. The Morgan fingerprint density at radius 2 is 1.83 bits per heavy atom. The smallest absolute Gasteiger partial charge is 0.346 e. The molecule has 0 aliphatic rings. The number of carbonyl (C=O) groups excluding carboxylic acids is 1. The number of amides is 1. The fourth-order valence-electron chi connectivity index (χ4n) is 3.34. The number of hydrogen-bond acceptors (Lipinski definition) is 4. The lowest BCUT2D eigenvalue weighted by molar-refractivity contribution is -0.120. The Labute approximate surface area is 167 Å². The van der Waals surface area contributed by atoms with Crippen molar-refractivity contribution in [2.45, 2.75) is 13.0 Å². The monoisotopic (exact) mass is 387 g/mol. The second kappa shape index (κ2) is 8.10. The molecule has 0 bridgehead atoms. The summed E-state index contributed by atoms with van der Waals surface area (Å²) in [4.78, 5) is 29.0. The van der Waals surface area contributed by atoms with E-state index in [1.165, 1.54) is 9.25 Å². The molecule has 0 saturated heterocycles. The van der Waals surface area contributed by atoms with Crippen molar-refractivity contribution in [3.8, 4) is 11.5 Å². The molecule has 0 aliphatic carbocycles. The SMILES string of the molecule is Cn1c(-c2ccccn2)nn(CCNC(=O)Cc2cccc3ccccc23)c1=O. The highest BCUT2D eigenvalue weighted by Crippen LogP contribution is 2.18. The van der Waals surface area contributed by atoms with Crippen LogP contribution in [0.4, 0.5) is 0 Å². The van der Waals surface area contributed by atoms with E-state index < -0.39 is 0 Å². The average Bonchev–Trinajstić information content (AvgIpc) is 3.03. The van der Waals surface area contributed by atoms with Gasteiger partial charge in [-0.05, 0) is 28.5 Å². The van der Waals surface area contributed by atoms with E-state index >= 15 is 0 Å². The van der Waals surface area contributed by atoms with Crippen LogP contribution in [0, 0.1) is 0 Å². The van der Waals surface area contributed by atoms with E-state index in [9.17, 15) is 9.59 Å². The Kier molecular flexibility index (Phi) is 5.20. The van der Waals surface area contributed by atoms with Gasteiger partial charge in [-0.3, -0.25) is 14.3 Å². The standard InChI is InChI=1S/C22H21N5O2/c1-26-21(19-11-4-5-12-23-19)25-27(22(26)29)14-13-24-20(28)15-17-9-6-8-16-7-2-3-10-18(16)17/h2-12H,13-15H2,1H3,(H,24,28). The summed E-state index contributed by atoms with van der Waals surface area (Å²) >= 11 is 0. The van der Waals surface area contributed by atoms with Gasteiger partial charge in [0.2, 0.25) is 5.91 Å². The molecule has 0 aliphatic heterocycles. The first-order valence-electron chi connectivity index (χ1n) is 9.42.